The van der Waals surface area contributed by atoms with Crippen LogP contribution in [0.3, 0.4) is 0 Å². The molecule has 106 valence electrons. The molecule has 18 heavy (non-hydrogen) atoms. The molecular formula is C12H24N2O4. The summed E-state index contributed by atoms with van der Waals surface area (Å²) in [5.41, 5.74) is 0. The van der Waals surface area contributed by atoms with Crippen molar-refractivity contribution in [3.63, 3.8) is 0 Å². The average Bonchev–Trinajstić information content (AvgIpc) is 2.39. The maximum absolute atomic E-state index is 10.4. The molecular weight excluding hydrogens is 236 g/mol. The number of carbonyl (C=O) groups excluding carboxylic acids is 2. The second kappa shape index (κ2) is 14.1. The van der Waals surface area contributed by atoms with Gasteiger partial charge in [-0.3, -0.25) is 15.4 Å². The number of esters is 1. The summed E-state index contributed by atoms with van der Waals surface area (Å²) in [6.45, 7) is 5.21. The second-order valence-electron chi connectivity index (χ2n) is 3.78. The highest BCUT2D eigenvalue weighted by atomic mass is 16.5. The van der Waals surface area contributed by atoms with E-state index in [2.05, 4.69) is 15.4 Å². The Balaban J connectivity index is 2.98. The van der Waals surface area contributed by atoms with Crippen molar-refractivity contribution >= 4 is 12.3 Å². The molecule has 0 aromatic heterocycles. The van der Waals surface area contributed by atoms with Gasteiger partial charge in [-0.15, -0.1) is 0 Å². The fourth-order valence-electron chi connectivity index (χ4n) is 1.33. The van der Waals surface area contributed by atoms with Gasteiger partial charge in [0.1, 0.15) is 6.73 Å². The molecule has 0 spiro atoms. The molecule has 0 aliphatic heterocycles. The van der Waals surface area contributed by atoms with Gasteiger partial charge in [-0.05, 0) is 32.9 Å². The molecule has 0 saturated heterocycles. The average molecular weight is 260 g/mol. The Kier molecular flexibility index (Phi) is 13.3. The molecule has 0 aliphatic carbocycles. The number of carbonyl (C=O) groups is 2. The van der Waals surface area contributed by atoms with Gasteiger partial charge in [0.25, 0.3) is 0 Å². The van der Waals surface area contributed by atoms with E-state index in [1.54, 1.807) is 0 Å². The minimum atomic E-state index is -0.831. The second-order valence-corrected chi connectivity index (χ2v) is 3.78. The van der Waals surface area contributed by atoms with Gasteiger partial charge in [0.2, 0.25) is 6.29 Å². The lowest BCUT2D eigenvalue weighted by atomic mass is 10.2. The van der Waals surface area contributed by atoms with Gasteiger partial charge in [0.15, 0.2) is 0 Å². The summed E-state index contributed by atoms with van der Waals surface area (Å²) in [6.07, 6.45) is 4.62. The van der Waals surface area contributed by atoms with Crippen molar-refractivity contribution in [2.45, 2.75) is 32.6 Å². The highest BCUT2D eigenvalue weighted by Crippen LogP contribution is 1.97. The van der Waals surface area contributed by atoms with Crippen molar-refractivity contribution in [3.8, 4) is 0 Å². The number of rotatable bonds is 13. The Bertz CT molecular complexity index is 212. The van der Waals surface area contributed by atoms with Crippen LogP contribution in [-0.2, 0) is 19.1 Å². The zero-order valence-electron chi connectivity index (χ0n) is 11.1. The Hall–Kier alpha value is -0.980. The number of aldehydes is 1. The zero-order valence-corrected chi connectivity index (χ0v) is 11.1. The Labute approximate surface area is 108 Å². The molecule has 2 N–H and O–H groups in total. The molecule has 0 aliphatic rings. The minimum Gasteiger partial charge on any atom is -0.444 e. The van der Waals surface area contributed by atoms with Crippen LogP contribution in [0.2, 0.25) is 0 Å². The van der Waals surface area contributed by atoms with Crippen molar-refractivity contribution < 1.29 is 19.1 Å². The fraction of sp³-hybridized carbons (Fsp3) is 0.833. The van der Waals surface area contributed by atoms with Gasteiger partial charge < -0.3 is 9.47 Å². The quantitative estimate of drug-likeness (QED) is 0.164. The third-order valence-electron chi connectivity index (χ3n) is 2.28. The number of nitrogens with one attached hydrogen (secondary N) is 2. The molecule has 0 bridgehead atoms. The summed E-state index contributed by atoms with van der Waals surface area (Å²) in [7, 11) is 0. The number of unbranched alkanes of at least 4 members (excludes halogenated alkanes) is 3. The molecule has 6 heteroatoms. The summed E-state index contributed by atoms with van der Waals surface area (Å²) < 4.78 is 9.68. The van der Waals surface area contributed by atoms with E-state index in [1.807, 2.05) is 6.92 Å². The van der Waals surface area contributed by atoms with E-state index < -0.39 is 5.97 Å². The first kappa shape index (κ1) is 17.0. The van der Waals surface area contributed by atoms with Crippen LogP contribution in [0.1, 0.15) is 32.6 Å². The van der Waals surface area contributed by atoms with E-state index in [4.69, 9.17) is 4.74 Å². The summed E-state index contributed by atoms with van der Waals surface area (Å²) in [4.78, 5) is 20.4. The Morgan fingerprint density at radius 1 is 1.06 bits per heavy atom. The SMILES string of the molecule is CCOCNCCCCCCNCOC(=O)C=O. The Morgan fingerprint density at radius 3 is 2.22 bits per heavy atom. The van der Waals surface area contributed by atoms with Crippen molar-refractivity contribution in [1.82, 2.24) is 10.6 Å². The van der Waals surface area contributed by atoms with Crippen LogP contribution >= 0.6 is 0 Å². The Morgan fingerprint density at radius 2 is 1.67 bits per heavy atom. The van der Waals surface area contributed by atoms with Crippen molar-refractivity contribution in [3.05, 3.63) is 0 Å². The van der Waals surface area contributed by atoms with Crippen LogP contribution < -0.4 is 10.6 Å². The molecule has 0 rings (SSSR count). The zero-order chi connectivity index (χ0) is 13.5. The maximum Gasteiger partial charge on any atom is 0.372 e. The summed E-state index contributed by atoms with van der Waals surface area (Å²) in [6, 6.07) is 0. The maximum atomic E-state index is 10.4. The smallest absolute Gasteiger partial charge is 0.372 e. The van der Waals surface area contributed by atoms with Gasteiger partial charge in [0, 0.05) is 6.61 Å². The predicted octanol–water partition coefficient (Wildman–Crippen LogP) is 0.420. The third-order valence-corrected chi connectivity index (χ3v) is 2.28. The molecule has 6 nitrogen and oxygen atoms in total. The third kappa shape index (κ3) is 13.1. The molecule has 0 saturated carbocycles. The first-order valence-corrected chi connectivity index (χ1v) is 6.42. The van der Waals surface area contributed by atoms with Gasteiger partial charge in [0.05, 0.1) is 6.73 Å². The molecule has 0 atom stereocenters. The van der Waals surface area contributed by atoms with E-state index in [0.29, 0.717) is 6.73 Å². The topological polar surface area (TPSA) is 76.7 Å². The van der Waals surface area contributed by atoms with Crippen LogP contribution in [0.4, 0.5) is 0 Å². The standard InChI is InChI=1S/C12H24N2O4/c1-2-17-10-13-7-5-3-4-6-8-14-11-18-12(16)9-15/h9,13-14H,2-8,10-11H2,1H3. The fourth-order valence-corrected chi connectivity index (χ4v) is 1.33. The molecule has 0 unspecified atom stereocenters. The minimum absolute atomic E-state index is 0.105. The van der Waals surface area contributed by atoms with Gasteiger partial charge >= 0.3 is 5.97 Å². The van der Waals surface area contributed by atoms with Crippen LogP contribution in [0.25, 0.3) is 0 Å². The van der Waals surface area contributed by atoms with Gasteiger partial charge in [-0.2, -0.15) is 0 Å². The van der Waals surface area contributed by atoms with E-state index >= 15 is 0 Å². The largest absolute Gasteiger partial charge is 0.444 e. The first-order chi connectivity index (χ1) is 8.81. The van der Waals surface area contributed by atoms with Crippen molar-refractivity contribution in [2.24, 2.45) is 0 Å². The molecule has 0 fully saturated rings. The lowest BCUT2D eigenvalue weighted by Crippen LogP contribution is -2.22. The van der Waals surface area contributed by atoms with Crippen LogP contribution in [0, 0.1) is 0 Å². The van der Waals surface area contributed by atoms with E-state index in [9.17, 15) is 9.59 Å². The van der Waals surface area contributed by atoms with Crippen molar-refractivity contribution in [2.75, 3.05) is 33.2 Å². The molecule has 0 heterocycles. The molecule has 0 radical (unpaired) electrons. The number of hydrogen-bond acceptors (Lipinski definition) is 6. The summed E-state index contributed by atoms with van der Waals surface area (Å²) in [5.74, 6) is -0.831. The highest BCUT2D eigenvalue weighted by Gasteiger charge is 1.96. The van der Waals surface area contributed by atoms with Crippen LogP contribution in [0.5, 0.6) is 0 Å². The number of hydrogen-bond donors (Lipinski definition) is 2. The molecule has 0 aromatic rings. The van der Waals surface area contributed by atoms with Crippen molar-refractivity contribution in [1.29, 1.82) is 0 Å². The normalized spacial score (nSPS) is 10.3. The van der Waals surface area contributed by atoms with Crippen LogP contribution in [0.15, 0.2) is 0 Å². The lowest BCUT2D eigenvalue weighted by Gasteiger charge is -2.05. The van der Waals surface area contributed by atoms with Gasteiger partial charge in [-0.25, -0.2) is 4.79 Å². The molecule has 0 amide bonds. The monoisotopic (exact) mass is 260 g/mol. The van der Waals surface area contributed by atoms with E-state index in [1.165, 1.54) is 0 Å². The van der Waals surface area contributed by atoms with E-state index in [0.717, 1.165) is 45.4 Å². The van der Waals surface area contributed by atoms with E-state index in [-0.39, 0.29) is 13.0 Å². The van der Waals surface area contributed by atoms with Crippen LogP contribution in [-0.4, -0.2) is 45.4 Å². The first-order valence-electron chi connectivity index (χ1n) is 6.42. The highest BCUT2D eigenvalue weighted by molar-refractivity contribution is 6.20. The predicted molar refractivity (Wildman–Crippen MR) is 68.0 cm³/mol. The number of ether oxygens (including phenoxy) is 2. The molecule has 0 aromatic carbocycles. The summed E-state index contributed by atoms with van der Waals surface area (Å²) >= 11 is 0. The van der Waals surface area contributed by atoms with Gasteiger partial charge in [-0.1, -0.05) is 12.8 Å². The lowest BCUT2D eigenvalue weighted by molar-refractivity contribution is -0.149. The summed E-state index contributed by atoms with van der Waals surface area (Å²) in [5, 5.41) is 6.12.